The fraction of sp³-hybridized carbons (Fsp3) is 0.750. The van der Waals surface area contributed by atoms with E-state index in [1.54, 1.807) is 25.4 Å². The second-order valence-corrected chi connectivity index (χ2v) is 16.4. The highest BCUT2D eigenvalue weighted by Gasteiger charge is 2.49. The maximum atomic E-state index is 13.6. The molecule has 0 saturated carbocycles. The van der Waals surface area contributed by atoms with Crippen LogP contribution in [0.3, 0.4) is 0 Å². The minimum Gasteiger partial charge on any atom is -0.444 e. The van der Waals surface area contributed by atoms with Gasteiger partial charge in [0.25, 0.3) is 0 Å². The van der Waals surface area contributed by atoms with Gasteiger partial charge in [-0.1, -0.05) is 20.8 Å². The number of ether oxygens (including phenoxy) is 1. The summed E-state index contributed by atoms with van der Waals surface area (Å²) in [5.41, 5.74) is -1.66. The molecule has 0 spiro atoms. The molecule has 1 aromatic rings. The van der Waals surface area contributed by atoms with Crippen LogP contribution in [0.25, 0.3) is 0 Å². The van der Waals surface area contributed by atoms with E-state index in [0.717, 1.165) is 6.42 Å². The molecule has 0 radical (unpaired) electrons. The van der Waals surface area contributed by atoms with E-state index in [1.807, 2.05) is 27.7 Å². The maximum Gasteiger partial charge on any atom is 0.411 e. The molecule has 33 heavy (non-hydrogen) atoms. The van der Waals surface area contributed by atoms with Crippen molar-refractivity contribution in [2.75, 3.05) is 6.54 Å². The summed E-state index contributed by atoms with van der Waals surface area (Å²) in [6.45, 7) is 20.6. The maximum absolute atomic E-state index is 13.6. The Morgan fingerprint density at radius 1 is 1.15 bits per heavy atom. The molecule has 2 rings (SSSR count). The number of nitrogens with one attached hydrogen (secondary N) is 1. The molecule has 0 aliphatic carbocycles. The SMILES string of the molecule is CC(O[Si](C)(C)C(C)(C)C)C(NC(=O)C1(C)CCCN1C(=O)OC(C)(C)C)c1ncccn1. The van der Waals surface area contributed by atoms with E-state index < -0.39 is 31.6 Å². The molecule has 9 heteroatoms. The first-order valence-electron chi connectivity index (χ1n) is 11.7. The lowest BCUT2D eigenvalue weighted by molar-refractivity contribution is -0.132. The quantitative estimate of drug-likeness (QED) is 0.588. The fourth-order valence-corrected chi connectivity index (χ4v) is 5.10. The topological polar surface area (TPSA) is 93.7 Å². The third-order valence-corrected chi connectivity index (χ3v) is 11.2. The van der Waals surface area contributed by atoms with Gasteiger partial charge >= 0.3 is 6.09 Å². The molecule has 3 atom stereocenters. The van der Waals surface area contributed by atoms with Crippen LogP contribution in [0.15, 0.2) is 18.5 Å². The first kappa shape index (κ1) is 27.2. The Morgan fingerprint density at radius 2 is 1.73 bits per heavy atom. The van der Waals surface area contributed by atoms with E-state index in [1.165, 1.54) is 4.90 Å². The Balaban J connectivity index is 2.30. The Hall–Kier alpha value is -2.00. The van der Waals surface area contributed by atoms with E-state index in [2.05, 4.69) is 49.1 Å². The predicted octanol–water partition coefficient (Wildman–Crippen LogP) is 4.83. The predicted molar refractivity (Wildman–Crippen MR) is 131 cm³/mol. The van der Waals surface area contributed by atoms with Crippen LogP contribution in [0.5, 0.6) is 0 Å². The monoisotopic (exact) mass is 478 g/mol. The Morgan fingerprint density at radius 3 is 2.24 bits per heavy atom. The summed E-state index contributed by atoms with van der Waals surface area (Å²) >= 11 is 0. The average molecular weight is 479 g/mol. The zero-order chi connectivity index (χ0) is 25.2. The lowest BCUT2D eigenvalue weighted by Crippen LogP contribution is -2.58. The van der Waals surface area contributed by atoms with E-state index >= 15 is 0 Å². The molecule has 8 nitrogen and oxygen atoms in total. The Kier molecular flexibility index (Phi) is 8.01. The molecule has 1 saturated heterocycles. The van der Waals surface area contributed by atoms with Crippen LogP contribution in [-0.2, 0) is 14.0 Å². The Bertz CT molecular complexity index is 835. The molecular formula is C24H42N4O4Si. The Labute approximate surface area is 200 Å². The van der Waals surface area contributed by atoms with Crippen molar-refractivity contribution in [2.45, 2.75) is 110 Å². The van der Waals surface area contributed by atoms with Gasteiger partial charge in [-0.15, -0.1) is 0 Å². The number of carbonyl (C=O) groups excluding carboxylic acids is 2. The van der Waals surface area contributed by atoms with Crippen molar-refractivity contribution in [3.63, 3.8) is 0 Å². The molecular weight excluding hydrogens is 436 g/mol. The molecule has 0 aromatic carbocycles. The number of hydrogen-bond donors (Lipinski definition) is 1. The van der Waals surface area contributed by atoms with Crippen LogP contribution in [0, 0.1) is 0 Å². The van der Waals surface area contributed by atoms with E-state index in [9.17, 15) is 9.59 Å². The average Bonchev–Trinajstić information content (AvgIpc) is 3.07. The molecule has 0 bridgehead atoms. The fourth-order valence-electron chi connectivity index (χ4n) is 3.68. The summed E-state index contributed by atoms with van der Waals surface area (Å²) in [7, 11) is -2.11. The number of carbonyl (C=O) groups is 2. The smallest absolute Gasteiger partial charge is 0.411 e. The van der Waals surface area contributed by atoms with Crippen molar-refractivity contribution in [3.05, 3.63) is 24.3 Å². The van der Waals surface area contributed by atoms with E-state index in [0.29, 0.717) is 18.8 Å². The largest absolute Gasteiger partial charge is 0.444 e. The van der Waals surface area contributed by atoms with Gasteiger partial charge in [-0.05, 0) is 71.7 Å². The van der Waals surface area contributed by atoms with Crippen LogP contribution in [0.2, 0.25) is 18.1 Å². The van der Waals surface area contributed by atoms with E-state index in [-0.39, 0.29) is 17.0 Å². The molecule has 1 aliphatic rings. The number of amides is 2. The summed E-state index contributed by atoms with van der Waals surface area (Å²) in [5, 5.41) is 3.13. The number of rotatable bonds is 6. The summed E-state index contributed by atoms with van der Waals surface area (Å²) in [6, 6.07) is 1.19. The van der Waals surface area contributed by atoms with Crippen LogP contribution in [0.4, 0.5) is 4.79 Å². The van der Waals surface area contributed by atoms with Gasteiger partial charge in [0.2, 0.25) is 5.91 Å². The summed E-state index contributed by atoms with van der Waals surface area (Å²) in [4.78, 5) is 36.8. The summed E-state index contributed by atoms with van der Waals surface area (Å²) in [5.74, 6) is 0.233. The van der Waals surface area contributed by atoms with Gasteiger partial charge < -0.3 is 14.5 Å². The summed E-state index contributed by atoms with van der Waals surface area (Å²) in [6.07, 6.45) is 3.77. The first-order valence-corrected chi connectivity index (χ1v) is 14.6. The van der Waals surface area contributed by atoms with Gasteiger partial charge in [0.05, 0.1) is 6.10 Å². The van der Waals surface area contributed by atoms with Crippen LogP contribution < -0.4 is 5.32 Å². The van der Waals surface area contributed by atoms with Crippen molar-refractivity contribution in [1.82, 2.24) is 20.2 Å². The lowest BCUT2D eigenvalue weighted by Gasteiger charge is -2.41. The van der Waals surface area contributed by atoms with Gasteiger partial charge in [0.15, 0.2) is 14.1 Å². The van der Waals surface area contributed by atoms with Crippen molar-refractivity contribution in [3.8, 4) is 0 Å². The third kappa shape index (κ3) is 6.53. The molecule has 1 aliphatic heterocycles. The summed E-state index contributed by atoms with van der Waals surface area (Å²) < 4.78 is 12.2. The van der Waals surface area contributed by atoms with Gasteiger partial charge in [0.1, 0.15) is 17.2 Å². The molecule has 2 heterocycles. The van der Waals surface area contributed by atoms with Crippen LogP contribution in [-0.4, -0.2) is 59.0 Å². The van der Waals surface area contributed by atoms with Crippen molar-refractivity contribution in [2.24, 2.45) is 0 Å². The van der Waals surface area contributed by atoms with Crippen LogP contribution >= 0.6 is 0 Å². The van der Waals surface area contributed by atoms with E-state index in [4.69, 9.17) is 9.16 Å². The number of hydrogen-bond acceptors (Lipinski definition) is 6. The first-order chi connectivity index (χ1) is 15.0. The third-order valence-electron chi connectivity index (χ3n) is 6.65. The second kappa shape index (κ2) is 9.70. The second-order valence-electron chi connectivity index (χ2n) is 11.7. The number of likely N-dealkylation sites (tertiary alicyclic amines) is 1. The van der Waals surface area contributed by atoms with Gasteiger partial charge in [-0.2, -0.15) is 0 Å². The molecule has 3 unspecified atom stereocenters. The molecule has 1 N–H and O–H groups in total. The molecule has 186 valence electrons. The van der Waals surface area contributed by atoms with Gasteiger partial charge in [0, 0.05) is 18.9 Å². The van der Waals surface area contributed by atoms with Crippen molar-refractivity contribution < 1.29 is 18.8 Å². The van der Waals surface area contributed by atoms with Gasteiger partial charge in [-0.3, -0.25) is 9.69 Å². The highest BCUT2D eigenvalue weighted by atomic mass is 28.4. The lowest BCUT2D eigenvalue weighted by atomic mass is 9.96. The van der Waals surface area contributed by atoms with Crippen molar-refractivity contribution in [1.29, 1.82) is 0 Å². The minimum absolute atomic E-state index is 0.0122. The van der Waals surface area contributed by atoms with Crippen molar-refractivity contribution >= 4 is 20.3 Å². The zero-order valence-electron chi connectivity index (χ0n) is 22.0. The molecule has 1 aromatic heterocycles. The normalized spacial score (nSPS) is 21.5. The minimum atomic E-state index is -2.11. The van der Waals surface area contributed by atoms with Crippen LogP contribution in [0.1, 0.15) is 80.1 Å². The number of aromatic nitrogens is 2. The highest BCUT2D eigenvalue weighted by molar-refractivity contribution is 6.74. The number of nitrogens with zero attached hydrogens (tertiary/aromatic N) is 3. The van der Waals surface area contributed by atoms with Gasteiger partial charge in [-0.25, -0.2) is 14.8 Å². The molecule has 2 amide bonds. The zero-order valence-corrected chi connectivity index (χ0v) is 23.0. The molecule has 1 fully saturated rings. The highest BCUT2D eigenvalue weighted by Crippen LogP contribution is 2.39. The standard InChI is InChI=1S/C24H42N4O4Si/c1-17(32-33(9,10)23(5,6)7)18(19-25-14-12-15-26-19)27-20(29)24(8)13-11-16-28(24)21(30)31-22(2,3)4/h12,14-15,17-18H,11,13,16H2,1-10H3,(H,27,29).